The summed E-state index contributed by atoms with van der Waals surface area (Å²) in [6.07, 6.45) is -0.949. The normalized spacial score (nSPS) is 24.2. The number of nitrogens with zero attached hydrogens (tertiary/aromatic N) is 3. The third-order valence-corrected chi connectivity index (χ3v) is 5.86. The smallest absolute Gasteiger partial charge is 0.338 e. The van der Waals surface area contributed by atoms with Gasteiger partial charge >= 0.3 is 6.18 Å². The number of aromatic nitrogens is 2. The fourth-order valence-corrected chi connectivity index (χ4v) is 4.34. The van der Waals surface area contributed by atoms with Gasteiger partial charge in [-0.25, -0.2) is 4.68 Å². The molecule has 1 aliphatic heterocycles. The van der Waals surface area contributed by atoms with Gasteiger partial charge in [0.05, 0.1) is 28.7 Å². The first-order chi connectivity index (χ1) is 12.8. The molecule has 2 fully saturated rings. The van der Waals surface area contributed by atoms with E-state index in [1.54, 1.807) is 17.9 Å². The van der Waals surface area contributed by atoms with Gasteiger partial charge in [-0.1, -0.05) is 6.07 Å². The van der Waals surface area contributed by atoms with Crippen LogP contribution in [0.1, 0.15) is 34.5 Å². The number of fused-ring (bicyclic) bond motifs is 1. The molecule has 28 heavy (non-hydrogen) atoms. The molecule has 1 aliphatic carbocycles. The molecule has 1 aromatic heterocycles. The number of alkyl halides is 3. The lowest BCUT2D eigenvalue weighted by molar-refractivity contribution is -0.137. The zero-order chi connectivity index (χ0) is 19.3. The molecular formula is C19H22ClF3N4O. The van der Waals surface area contributed by atoms with Gasteiger partial charge in [0, 0.05) is 19.1 Å². The Bertz CT molecular complexity index is 882. The van der Waals surface area contributed by atoms with Crippen LogP contribution in [0.3, 0.4) is 0 Å². The number of carbonyl (C=O) groups excluding carboxylic acids is 1. The number of carbonyl (C=O) groups is 1. The summed E-state index contributed by atoms with van der Waals surface area (Å²) in [4.78, 5) is 14.7. The quantitative estimate of drug-likeness (QED) is 0.818. The number of likely N-dealkylation sites (tertiary alicyclic amines) is 1. The van der Waals surface area contributed by atoms with Crippen molar-refractivity contribution in [1.29, 1.82) is 0 Å². The van der Waals surface area contributed by atoms with Crippen molar-refractivity contribution in [2.75, 3.05) is 13.1 Å². The molecule has 9 heteroatoms. The minimum atomic E-state index is -4.43. The van der Waals surface area contributed by atoms with E-state index in [4.69, 9.17) is 5.73 Å². The molecule has 5 nitrogen and oxygen atoms in total. The summed E-state index contributed by atoms with van der Waals surface area (Å²) in [6, 6.07) is 5.07. The lowest BCUT2D eigenvalue weighted by atomic mass is 9.98. The van der Waals surface area contributed by atoms with Gasteiger partial charge in [-0.2, -0.15) is 18.3 Å². The van der Waals surface area contributed by atoms with E-state index >= 15 is 0 Å². The van der Waals surface area contributed by atoms with E-state index in [2.05, 4.69) is 5.10 Å². The van der Waals surface area contributed by atoms with E-state index in [-0.39, 0.29) is 30.0 Å². The van der Waals surface area contributed by atoms with Crippen LogP contribution in [0.4, 0.5) is 13.2 Å². The summed E-state index contributed by atoms with van der Waals surface area (Å²) in [7, 11) is 0. The number of rotatable bonds is 2. The highest BCUT2D eigenvalue weighted by molar-refractivity contribution is 5.95. The fourth-order valence-electron chi connectivity index (χ4n) is 4.34. The van der Waals surface area contributed by atoms with E-state index in [0.29, 0.717) is 36.2 Å². The molecule has 3 unspecified atom stereocenters. The van der Waals surface area contributed by atoms with E-state index in [9.17, 15) is 18.0 Å². The van der Waals surface area contributed by atoms with Crippen LogP contribution in [0.5, 0.6) is 0 Å². The molecule has 2 aromatic rings. The van der Waals surface area contributed by atoms with E-state index in [1.807, 2.05) is 0 Å². The van der Waals surface area contributed by atoms with Crippen molar-refractivity contribution in [3.63, 3.8) is 0 Å². The maximum Gasteiger partial charge on any atom is 0.416 e. The number of hydrogen-bond donors (Lipinski definition) is 1. The van der Waals surface area contributed by atoms with E-state index in [1.165, 1.54) is 16.9 Å². The summed E-state index contributed by atoms with van der Waals surface area (Å²) >= 11 is 0. The summed E-state index contributed by atoms with van der Waals surface area (Å²) in [5, 5.41) is 4.17. The maximum absolute atomic E-state index is 13.0. The molecule has 0 radical (unpaired) electrons. The fraction of sp³-hybridized carbons (Fsp3) is 0.474. The zero-order valence-corrected chi connectivity index (χ0v) is 16.1. The van der Waals surface area contributed by atoms with Crippen LogP contribution >= 0.6 is 12.4 Å². The van der Waals surface area contributed by atoms with Crippen molar-refractivity contribution in [3.8, 4) is 5.69 Å². The second kappa shape index (κ2) is 7.40. The Morgan fingerprint density at radius 2 is 2.00 bits per heavy atom. The Labute approximate surface area is 167 Å². The monoisotopic (exact) mass is 414 g/mol. The number of nitrogens with two attached hydrogens (primary N) is 1. The number of halogens is 4. The van der Waals surface area contributed by atoms with Gasteiger partial charge in [-0.05, 0) is 49.8 Å². The van der Waals surface area contributed by atoms with Crippen molar-refractivity contribution < 1.29 is 18.0 Å². The molecule has 0 spiro atoms. The molecule has 3 atom stereocenters. The number of benzene rings is 1. The Morgan fingerprint density at radius 3 is 2.68 bits per heavy atom. The largest absolute Gasteiger partial charge is 0.416 e. The number of amides is 1. The topological polar surface area (TPSA) is 64.2 Å². The third-order valence-electron chi connectivity index (χ3n) is 5.86. The Morgan fingerprint density at radius 1 is 1.25 bits per heavy atom. The summed E-state index contributed by atoms with van der Waals surface area (Å²) < 4.78 is 40.3. The minimum absolute atomic E-state index is 0. The highest BCUT2D eigenvalue weighted by Gasteiger charge is 2.43. The molecule has 2 aliphatic rings. The Balaban J connectivity index is 0.00000225. The first kappa shape index (κ1) is 20.7. The van der Waals surface area contributed by atoms with Crippen LogP contribution in [0.25, 0.3) is 5.69 Å². The second-order valence-corrected chi connectivity index (χ2v) is 7.48. The molecule has 1 saturated heterocycles. The van der Waals surface area contributed by atoms with Gasteiger partial charge in [-0.3, -0.25) is 4.79 Å². The lowest BCUT2D eigenvalue weighted by Crippen LogP contribution is -2.33. The van der Waals surface area contributed by atoms with Gasteiger partial charge in [0.15, 0.2) is 0 Å². The Hall–Kier alpha value is -2.06. The molecule has 0 bridgehead atoms. The van der Waals surface area contributed by atoms with Crippen LogP contribution in [-0.4, -0.2) is 39.7 Å². The van der Waals surface area contributed by atoms with Gasteiger partial charge < -0.3 is 10.6 Å². The standard InChI is InChI=1S/C19H21F3N4O.ClH/c1-11-15(18(27)25-9-12-5-6-17(23)16(12)10-25)8-24-26(11)14-4-2-3-13(7-14)19(20,21)22;/h2-4,7-8,12,16-17H,5-6,9-10,23H2,1H3;1H. The average molecular weight is 415 g/mol. The molecule has 152 valence electrons. The van der Waals surface area contributed by atoms with Crippen molar-refractivity contribution >= 4 is 18.3 Å². The maximum atomic E-state index is 13.0. The summed E-state index contributed by atoms with van der Waals surface area (Å²) in [5.74, 6) is 0.655. The van der Waals surface area contributed by atoms with Crippen LogP contribution in [0.2, 0.25) is 0 Å². The molecule has 1 aromatic carbocycles. The van der Waals surface area contributed by atoms with Gasteiger partial charge in [0.25, 0.3) is 5.91 Å². The molecule has 2 N–H and O–H groups in total. The van der Waals surface area contributed by atoms with E-state index < -0.39 is 11.7 Å². The van der Waals surface area contributed by atoms with Gasteiger partial charge in [0.2, 0.25) is 0 Å². The minimum Gasteiger partial charge on any atom is -0.338 e. The van der Waals surface area contributed by atoms with Gasteiger partial charge in [-0.15, -0.1) is 12.4 Å². The molecule has 1 saturated carbocycles. The van der Waals surface area contributed by atoms with Crippen molar-refractivity contribution in [2.45, 2.75) is 32.0 Å². The predicted octanol–water partition coefficient (Wildman–Crippen LogP) is 3.43. The van der Waals surface area contributed by atoms with Crippen LogP contribution in [0, 0.1) is 18.8 Å². The van der Waals surface area contributed by atoms with Crippen molar-refractivity contribution in [2.24, 2.45) is 17.6 Å². The summed E-state index contributed by atoms with van der Waals surface area (Å²) in [5.41, 5.74) is 6.61. The second-order valence-electron chi connectivity index (χ2n) is 7.48. The first-order valence-corrected chi connectivity index (χ1v) is 9.03. The third kappa shape index (κ3) is 3.51. The van der Waals surface area contributed by atoms with Gasteiger partial charge in [0.1, 0.15) is 0 Å². The zero-order valence-electron chi connectivity index (χ0n) is 15.3. The molecule has 4 rings (SSSR count). The van der Waals surface area contributed by atoms with Crippen LogP contribution in [-0.2, 0) is 6.18 Å². The van der Waals surface area contributed by atoms with Crippen LogP contribution < -0.4 is 5.73 Å². The molecular weight excluding hydrogens is 393 g/mol. The Kier molecular flexibility index (Phi) is 5.46. The molecule has 1 amide bonds. The summed E-state index contributed by atoms with van der Waals surface area (Å²) in [6.45, 7) is 3.02. The number of hydrogen-bond acceptors (Lipinski definition) is 3. The first-order valence-electron chi connectivity index (χ1n) is 9.03. The van der Waals surface area contributed by atoms with E-state index in [0.717, 1.165) is 25.0 Å². The SMILES string of the molecule is Cc1c(C(=O)N2CC3CCC(N)C3C2)cnn1-c1cccc(C(F)(F)F)c1.Cl. The van der Waals surface area contributed by atoms with Crippen LogP contribution in [0.15, 0.2) is 30.5 Å². The van der Waals surface area contributed by atoms with Crippen molar-refractivity contribution in [3.05, 3.63) is 47.3 Å². The van der Waals surface area contributed by atoms with Crippen molar-refractivity contribution in [1.82, 2.24) is 14.7 Å². The highest BCUT2D eigenvalue weighted by Crippen LogP contribution is 2.38. The lowest BCUT2D eigenvalue weighted by Gasteiger charge is -2.18. The molecule has 2 heterocycles. The predicted molar refractivity (Wildman–Crippen MR) is 101 cm³/mol. The average Bonchev–Trinajstić information content (AvgIpc) is 3.30. The highest BCUT2D eigenvalue weighted by atomic mass is 35.5.